The molecule has 0 saturated carbocycles. The number of hydrogen-bond donors (Lipinski definition) is 1. The van der Waals surface area contributed by atoms with Crippen LogP contribution in [0, 0.1) is 11.6 Å². The molecule has 0 aliphatic carbocycles. The van der Waals surface area contributed by atoms with Crippen molar-refractivity contribution < 1.29 is 13.9 Å². The van der Waals surface area contributed by atoms with Crippen LogP contribution in [0.4, 0.5) is 8.78 Å². The minimum Gasteiger partial charge on any atom is -0.396 e. The zero-order valence-corrected chi connectivity index (χ0v) is 10.9. The zero-order valence-electron chi connectivity index (χ0n) is 10.1. The molecule has 4 heteroatoms. The highest BCUT2D eigenvalue weighted by atomic mass is 35.5. The molecular weight excluding hydrogens is 270 g/mol. The van der Waals surface area contributed by atoms with Crippen molar-refractivity contribution in [1.29, 1.82) is 0 Å². The summed E-state index contributed by atoms with van der Waals surface area (Å²) >= 11 is 6.06. The Morgan fingerprint density at radius 1 is 1.05 bits per heavy atom. The van der Waals surface area contributed by atoms with Crippen LogP contribution in [-0.2, 0) is 6.42 Å². The van der Waals surface area contributed by atoms with E-state index >= 15 is 0 Å². The fraction of sp³-hybridized carbons (Fsp3) is 0.200. The van der Waals surface area contributed by atoms with Crippen LogP contribution in [0.5, 0.6) is 0 Å². The van der Waals surface area contributed by atoms with Crippen molar-refractivity contribution in [3.05, 3.63) is 70.2 Å². The van der Waals surface area contributed by atoms with E-state index in [0.29, 0.717) is 5.02 Å². The number of benzene rings is 2. The molecule has 0 aliphatic heterocycles. The molecule has 2 aromatic carbocycles. The van der Waals surface area contributed by atoms with Gasteiger partial charge < -0.3 is 5.11 Å². The molecule has 2 aromatic rings. The van der Waals surface area contributed by atoms with E-state index < -0.39 is 11.6 Å². The monoisotopic (exact) mass is 282 g/mol. The lowest BCUT2D eigenvalue weighted by molar-refractivity contribution is 0.263. The molecule has 0 heterocycles. The number of rotatable bonds is 4. The first-order valence-corrected chi connectivity index (χ1v) is 6.29. The van der Waals surface area contributed by atoms with Gasteiger partial charge in [-0.25, -0.2) is 8.78 Å². The van der Waals surface area contributed by atoms with Crippen molar-refractivity contribution in [2.24, 2.45) is 0 Å². The second-order valence-corrected chi connectivity index (χ2v) is 4.73. The first-order valence-electron chi connectivity index (χ1n) is 5.91. The molecule has 0 amide bonds. The SMILES string of the molecule is OCC(Cc1cccc(F)c1F)c1ccccc1Cl. The molecule has 1 unspecified atom stereocenters. The molecular formula is C15H13ClF2O. The summed E-state index contributed by atoms with van der Waals surface area (Å²) < 4.78 is 26.8. The number of halogens is 3. The maximum atomic E-state index is 13.6. The summed E-state index contributed by atoms with van der Waals surface area (Å²) in [6.07, 6.45) is 0.198. The normalized spacial score (nSPS) is 12.4. The molecule has 1 nitrogen and oxygen atoms in total. The Morgan fingerprint density at radius 3 is 2.47 bits per heavy atom. The third kappa shape index (κ3) is 3.11. The Hall–Kier alpha value is -1.45. The Kier molecular flexibility index (Phi) is 4.51. The molecule has 2 rings (SSSR count). The van der Waals surface area contributed by atoms with Gasteiger partial charge in [-0.2, -0.15) is 0 Å². The summed E-state index contributed by atoms with van der Waals surface area (Å²) in [5.41, 5.74) is 0.967. The standard InChI is InChI=1S/C15H13ClF2O/c16-13-6-2-1-5-12(13)11(9-19)8-10-4-3-7-14(17)15(10)18/h1-7,11,19H,8-9H2. The second kappa shape index (κ2) is 6.13. The maximum Gasteiger partial charge on any atom is 0.162 e. The van der Waals surface area contributed by atoms with Crippen LogP contribution >= 0.6 is 11.6 Å². The van der Waals surface area contributed by atoms with Gasteiger partial charge in [-0.3, -0.25) is 0 Å². The predicted molar refractivity (Wildman–Crippen MR) is 71.3 cm³/mol. The molecule has 100 valence electrons. The van der Waals surface area contributed by atoms with Crippen LogP contribution in [-0.4, -0.2) is 11.7 Å². The summed E-state index contributed by atoms with van der Waals surface area (Å²) in [4.78, 5) is 0. The average molecular weight is 283 g/mol. The summed E-state index contributed by atoms with van der Waals surface area (Å²) in [7, 11) is 0. The van der Waals surface area contributed by atoms with E-state index in [-0.39, 0.29) is 24.5 Å². The van der Waals surface area contributed by atoms with Crippen molar-refractivity contribution in [1.82, 2.24) is 0 Å². The van der Waals surface area contributed by atoms with E-state index in [0.717, 1.165) is 11.6 Å². The highest BCUT2D eigenvalue weighted by Crippen LogP contribution is 2.28. The first-order chi connectivity index (χ1) is 9.13. The van der Waals surface area contributed by atoms with Crippen LogP contribution in [0.3, 0.4) is 0 Å². The molecule has 0 fully saturated rings. The van der Waals surface area contributed by atoms with Crippen LogP contribution in [0.15, 0.2) is 42.5 Å². The van der Waals surface area contributed by atoms with E-state index in [1.165, 1.54) is 12.1 Å². The van der Waals surface area contributed by atoms with Crippen molar-refractivity contribution in [2.75, 3.05) is 6.61 Å². The second-order valence-electron chi connectivity index (χ2n) is 4.32. The summed E-state index contributed by atoms with van der Waals surface area (Å²) in [5, 5.41) is 9.96. The van der Waals surface area contributed by atoms with Gasteiger partial charge in [0.2, 0.25) is 0 Å². The van der Waals surface area contributed by atoms with E-state index in [1.54, 1.807) is 24.3 Å². The molecule has 19 heavy (non-hydrogen) atoms. The van der Waals surface area contributed by atoms with Gasteiger partial charge in [-0.05, 0) is 29.7 Å². The third-order valence-corrected chi connectivity index (χ3v) is 3.41. The Morgan fingerprint density at radius 2 is 1.79 bits per heavy atom. The van der Waals surface area contributed by atoms with Gasteiger partial charge in [-0.1, -0.05) is 41.9 Å². The van der Waals surface area contributed by atoms with E-state index in [9.17, 15) is 13.9 Å². The number of hydrogen-bond acceptors (Lipinski definition) is 1. The minimum atomic E-state index is -0.881. The van der Waals surface area contributed by atoms with E-state index in [4.69, 9.17) is 11.6 Å². The number of aliphatic hydroxyl groups is 1. The summed E-state index contributed by atoms with van der Waals surface area (Å²) in [5.74, 6) is -2.11. The van der Waals surface area contributed by atoms with Gasteiger partial charge in [0.1, 0.15) is 0 Å². The van der Waals surface area contributed by atoms with Gasteiger partial charge in [0.25, 0.3) is 0 Å². The molecule has 0 bridgehead atoms. The Labute approximate surface area is 115 Å². The smallest absolute Gasteiger partial charge is 0.162 e. The summed E-state index contributed by atoms with van der Waals surface area (Å²) in [6, 6.07) is 11.1. The highest BCUT2D eigenvalue weighted by Gasteiger charge is 2.17. The van der Waals surface area contributed by atoms with Gasteiger partial charge in [-0.15, -0.1) is 0 Å². The molecule has 0 aliphatic rings. The van der Waals surface area contributed by atoms with Crippen LogP contribution < -0.4 is 0 Å². The minimum absolute atomic E-state index is 0.181. The molecule has 1 N–H and O–H groups in total. The molecule has 0 saturated heterocycles. The third-order valence-electron chi connectivity index (χ3n) is 3.06. The lowest BCUT2D eigenvalue weighted by Crippen LogP contribution is -2.10. The quantitative estimate of drug-likeness (QED) is 0.901. The largest absolute Gasteiger partial charge is 0.396 e. The van der Waals surface area contributed by atoms with Crippen molar-refractivity contribution >= 4 is 11.6 Å². The van der Waals surface area contributed by atoms with Crippen LogP contribution in [0.25, 0.3) is 0 Å². The topological polar surface area (TPSA) is 20.2 Å². The number of aliphatic hydroxyl groups excluding tert-OH is 1. The lowest BCUT2D eigenvalue weighted by Gasteiger charge is -2.16. The zero-order chi connectivity index (χ0) is 13.8. The van der Waals surface area contributed by atoms with Crippen molar-refractivity contribution in [3.8, 4) is 0 Å². The van der Waals surface area contributed by atoms with Crippen molar-refractivity contribution in [2.45, 2.75) is 12.3 Å². The van der Waals surface area contributed by atoms with Gasteiger partial charge in [0, 0.05) is 10.9 Å². The highest BCUT2D eigenvalue weighted by molar-refractivity contribution is 6.31. The molecule has 0 radical (unpaired) electrons. The van der Waals surface area contributed by atoms with Crippen molar-refractivity contribution in [3.63, 3.8) is 0 Å². The van der Waals surface area contributed by atoms with E-state index in [2.05, 4.69) is 0 Å². The predicted octanol–water partition coefficient (Wildman–Crippen LogP) is 3.94. The fourth-order valence-corrected chi connectivity index (χ4v) is 2.34. The van der Waals surface area contributed by atoms with Gasteiger partial charge >= 0.3 is 0 Å². The fourth-order valence-electron chi connectivity index (χ4n) is 2.05. The van der Waals surface area contributed by atoms with Crippen LogP contribution in [0.1, 0.15) is 17.0 Å². The lowest BCUT2D eigenvalue weighted by atomic mass is 9.92. The molecule has 0 spiro atoms. The maximum absolute atomic E-state index is 13.6. The summed E-state index contributed by atoms with van der Waals surface area (Å²) in [6.45, 7) is -0.181. The van der Waals surface area contributed by atoms with Gasteiger partial charge in [0.05, 0.1) is 6.61 Å². The molecule has 1 atom stereocenters. The average Bonchev–Trinajstić information content (AvgIpc) is 2.41. The Balaban J connectivity index is 2.30. The Bertz CT molecular complexity index is 572. The van der Waals surface area contributed by atoms with E-state index in [1.807, 2.05) is 0 Å². The van der Waals surface area contributed by atoms with Crippen LogP contribution in [0.2, 0.25) is 5.02 Å². The first kappa shape index (κ1) is 14.0. The molecule has 0 aromatic heterocycles. The van der Waals surface area contributed by atoms with Gasteiger partial charge in [0.15, 0.2) is 11.6 Å².